The average molecular weight is 245 g/mol. The molecule has 0 aromatic rings. The van der Waals surface area contributed by atoms with Crippen LogP contribution in [-0.4, -0.2) is 59.3 Å². The lowest BCUT2D eigenvalue weighted by atomic mass is 9.93. The largest absolute Gasteiger partial charge is 0.480 e. The predicted molar refractivity (Wildman–Crippen MR) is 63.9 cm³/mol. The number of ether oxygens (including phenoxy) is 1. The van der Waals surface area contributed by atoms with E-state index in [1.165, 1.54) is 0 Å². The van der Waals surface area contributed by atoms with Crippen molar-refractivity contribution >= 4 is 17.7 Å². The van der Waals surface area contributed by atoms with Crippen LogP contribution in [0.2, 0.25) is 0 Å². The van der Waals surface area contributed by atoms with Crippen molar-refractivity contribution in [1.29, 1.82) is 0 Å². The molecule has 0 bridgehead atoms. The van der Waals surface area contributed by atoms with E-state index < -0.39 is 11.5 Å². The van der Waals surface area contributed by atoms with Crippen LogP contribution in [-0.2, 0) is 9.53 Å². The van der Waals surface area contributed by atoms with Gasteiger partial charge in [0.1, 0.15) is 5.54 Å². The lowest BCUT2D eigenvalue weighted by molar-refractivity contribution is -0.151. The molecule has 5 heteroatoms. The number of carboxylic acids is 1. The number of thioether (sulfide) groups is 1. The van der Waals surface area contributed by atoms with Crippen LogP contribution in [0, 0.1) is 0 Å². The van der Waals surface area contributed by atoms with Crippen molar-refractivity contribution in [3.05, 3.63) is 0 Å². The third kappa shape index (κ3) is 2.08. The van der Waals surface area contributed by atoms with Gasteiger partial charge in [0.2, 0.25) is 0 Å². The highest BCUT2D eigenvalue weighted by Gasteiger charge is 2.47. The van der Waals surface area contributed by atoms with Gasteiger partial charge in [0.15, 0.2) is 0 Å². The van der Waals surface area contributed by atoms with E-state index in [9.17, 15) is 9.90 Å². The fourth-order valence-corrected chi connectivity index (χ4v) is 4.01. The summed E-state index contributed by atoms with van der Waals surface area (Å²) in [7, 11) is 1.97. The SMILES string of the molecule is CN(C1CCOCC1)C1(C(=O)O)CCSC1. The van der Waals surface area contributed by atoms with Crippen LogP contribution in [0.4, 0.5) is 0 Å². The van der Waals surface area contributed by atoms with E-state index in [2.05, 4.69) is 4.90 Å². The maximum Gasteiger partial charge on any atom is 0.325 e. The van der Waals surface area contributed by atoms with Gasteiger partial charge in [0.25, 0.3) is 0 Å². The van der Waals surface area contributed by atoms with E-state index in [4.69, 9.17) is 4.74 Å². The first-order valence-corrected chi connectivity index (χ1v) is 6.94. The van der Waals surface area contributed by atoms with Gasteiger partial charge in [-0.3, -0.25) is 9.69 Å². The van der Waals surface area contributed by atoms with Crippen molar-refractivity contribution in [1.82, 2.24) is 4.90 Å². The van der Waals surface area contributed by atoms with Crippen molar-refractivity contribution in [3.63, 3.8) is 0 Å². The molecule has 4 nitrogen and oxygen atoms in total. The molecule has 1 atom stereocenters. The summed E-state index contributed by atoms with van der Waals surface area (Å²) in [5.41, 5.74) is -0.632. The fourth-order valence-electron chi connectivity index (χ4n) is 2.57. The molecule has 0 radical (unpaired) electrons. The minimum atomic E-state index is -0.661. The Hall–Kier alpha value is -0.260. The number of hydrogen-bond donors (Lipinski definition) is 1. The summed E-state index contributed by atoms with van der Waals surface area (Å²) in [5.74, 6) is 1.02. The fraction of sp³-hybridized carbons (Fsp3) is 0.909. The van der Waals surface area contributed by atoms with Crippen LogP contribution in [0.15, 0.2) is 0 Å². The molecule has 16 heavy (non-hydrogen) atoms. The zero-order chi connectivity index (χ0) is 11.6. The van der Waals surface area contributed by atoms with E-state index in [1.807, 2.05) is 7.05 Å². The van der Waals surface area contributed by atoms with Gasteiger partial charge in [-0.2, -0.15) is 11.8 Å². The van der Waals surface area contributed by atoms with E-state index in [0.29, 0.717) is 6.04 Å². The van der Waals surface area contributed by atoms with Crippen LogP contribution in [0.1, 0.15) is 19.3 Å². The third-order valence-electron chi connectivity index (χ3n) is 3.81. The van der Waals surface area contributed by atoms with Crippen molar-refractivity contribution in [2.75, 3.05) is 31.8 Å². The Labute approximate surface area is 100 Å². The quantitative estimate of drug-likeness (QED) is 0.805. The molecule has 1 unspecified atom stereocenters. The summed E-state index contributed by atoms with van der Waals surface area (Å²) >= 11 is 1.75. The highest BCUT2D eigenvalue weighted by atomic mass is 32.2. The zero-order valence-corrected chi connectivity index (χ0v) is 10.5. The lowest BCUT2D eigenvalue weighted by Crippen LogP contribution is -2.58. The number of nitrogens with zero attached hydrogens (tertiary/aromatic N) is 1. The first-order valence-electron chi connectivity index (χ1n) is 5.79. The van der Waals surface area contributed by atoms with Crippen LogP contribution in [0.3, 0.4) is 0 Å². The van der Waals surface area contributed by atoms with Crippen LogP contribution < -0.4 is 0 Å². The second-order valence-electron chi connectivity index (χ2n) is 4.59. The minimum absolute atomic E-state index is 0.364. The maximum absolute atomic E-state index is 11.5. The second kappa shape index (κ2) is 4.94. The normalized spacial score (nSPS) is 32.1. The topological polar surface area (TPSA) is 49.8 Å². The monoisotopic (exact) mass is 245 g/mol. The van der Waals surface area contributed by atoms with E-state index in [1.54, 1.807) is 11.8 Å². The minimum Gasteiger partial charge on any atom is -0.480 e. The van der Waals surface area contributed by atoms with Gasteiger partial charge in [-0.25, -0.2) is 0 Å². The molecule has 2 saturated heterocycles. The molecule has 2 rings (SSSR count). The first-order chi connectivity index (χ1) is 7.67. The molecule has 2 heterocycles. The van der Waals surface area contributed by atoms with Crippen LogP contribution >= 0.6 is 11.8 Å². The highest BCUT2D eigenvalue weighted by Crippen LogP contribution is 2.35. The molecule has 0 aromatic heterocycles. The Morgan fingerprint density at radius 3 is 2.69 bits per heavy atom. The molecule has 1 N–H and O–H groups in total. The molecule has 2 fully saturated rings. The predicted octanol–water partition coefficient (Wildman–Crippen LogP) is 1.06. The average Bonchev–Trinajstić information content (AvgIpc) is 2.79. The number of carboxylic acid groups (broad SMARTS) is 1. The summed E-state index contributed by atoms with van der Waals surface area (Å²) in [5, 5.41) is 9.48. The Balaban J connectivity index is 2.10. The third-order valence-corrected chi connectivity index (χ3v) is 4.99. The number of aliphatic carboxylic acids is 1. The van der Waals surface area contributed by atoms with Gasteiger partial charge in [0, 0.05) is 25.0 Å². The van der Waals surface area contributed by atoms with Gasteiger partial charge in [-0.1, -0.05) is 0 Å². The number of carbonyl (C=O) groups is 1. The summed E-state index contributed by atoms with van der Waals surface area (Å²) < 4.78 is 5.33. The smallest absolute Gasteiger partial charge is 0.325 e. The van der Waals surface area contributed by atoms with Gasteiger partial charge in [0.05, 0.1) is 0 Å². The Morgan fingerprint density at radius 1 is 1.50 bits per heavy atom. The Bertz CT molecular complexity index is 260. The van der Waals surface area contributed by atoms with Gasteiger partial charge >= 0.3 is 5.97 Å². The Morgan fingerprint density at radius 2 is 2.19 bits per heavy atom. The van der Waals surface area contributed by atoms with Gasteiger partial charge < -0.3 is 9.84 Å². The molecule has 0 spiro atoms. The standard InChI is InChI=1S/C11H19NO3S/c1-12(9-2-5-15-6-3-9)11(10(13)14)4-7-16-8-11/h9H,2-8H2,1H3,(H,13,14). The molecule has 92 valence electrons. The zero-order valence-electron chi connectivity index (χ0n) is 9.65. The second-order valence-corrected chi connectivity index (χ2v) is 5.70. The highest BCUT2D eigenvalue weighted by molar-refractivity contribution is 7.99. The summed E-state index contributed by atoms with van der Waals surface area (Å²) in [6, 6.07) is 0.364. The van der Waals surface area contributed by atoms with Crippen molar-refractivity contribution in [2.24, 2.45) is 0 Å². The van der Waals surface area contributed by atoms with E-state index in [-0.39, 0.29) is 0 Å². The van der Waals surface area contributed by atoms with Crippen LogP contribution in [0.25, 0.3) is 0 Å². The van der Waals surface area contributed by atoms with Gasteiger partial charge in [-0.15, -0.1) is 0 Å². The van der Waals surface area contributed by atoms with Crippen molar-refractivity contribution in [2.45, 2.75) is 30.8 Å². The van der Waals surface area contributed by atoms with Crippen LogP contribution in [0.5, 0.6) is 0 Å². The summed E-state index contributed by atoms with van der Waals surface area (Å²) in [6.45, 7) is 1.52. The molecule has 2 aliphatic rings. The summed E-state index contributed by atoms with van der Waals surface area (Å²) in [6.07, 6.45) is 2.67. The van der Waals surface area contributed by atoms with E-state index >= 15 is 0 Å². The molecular formula is C11H19NO3S. The lowest BCUT2D eigenvalue weighted by Gasteiger charge is -2.41. The molecule has 2 aliphatic heterocycles. The molecule has 0 aliphatic carbocycles. The first kappa shape index (κ1) is 12.2. The number of likely N-dealkylation sites (N-methyl/N-ethyl adjacent to an activating group) is 1. The van der Waals surface area contributed by atoms with Crippen molar-refractivity contribution in [3.8, 4) is 0 Å². The molecular weight excluding hydrogens is 226 g/mol. The summed E-state index contributed by atoms with van der Waals surface area (Å²) in [4.78, 5) is 13.6. The number of rotatable bonds is 3. The van der Waals surface area contributed by atoms with E-state index in [0.717, 1.165) is 44.0 Å². The molecule has 0 aromatic carbocycles. The maximum atomic E-state index is 11.5. The molecule has 0 amide bonds. The Kier molecular flexibility index (Phi) is 3.77. The molecule has 0 saturated carbocycles. The number of hydrogen-bond acceptors (Lipinski definition) is 4. The van der Waals surface area contributed by atoms with Gasteiger partial charge in [-0.05, 0) is 32.1 Å². The van der Waals surface area contributed by atoms with Crippen molar-refractivity contribution < 1.29 is 14.6 Å².